The third-order valence-corrected chi connectivity index (χ3v) is 3.46. The van der Waals surface area contributed by atoms with Crippen LogP contribution in [0.4, 0.5) is 0 Å². The van der Waals surface area contributed by atoms with Crippen LogP contribution in [0.5, 0.6) is 5.75 Å². The van der Waals surface area contributed by atoms with Crippen LogP contribution in [0.2, 0.25) is 0 Å². The van der Waals surface area contributed by atoms with E-state index < -0.39 is 6.10 Å². The van der Waals surface area contributed by atoms with E-state index in [0.717, 1.165) is 5.75 Å². The molecule has 0 spiro atoms. The number of aryl methyl sites for hydroxylation is 1. The van der Waals surface area contributed by atoms with Crippen LogP contribution in [0.15, 0.2) is 24.3 Å². The lowest BCUT2D eigenvalue weighted by molar-refractivity contribution is 0.104. The number of aliphatic hydroxyl groups is 1. The first-order valence-corrected chi connectivity index (χ1v) is 6.85. The average molecular weight is 249 g/mol. The molecule has 0 radical (unpaired) electrons. The van der Waals surface area contributed by atoms with Gasteiger partial charge in [-0.2, -0.15) is 0 Å². The average Bonchev–Trinajstić information content (AvgIpc) is 2.89. The number of nitrogens with one attached hydrogen (secondary N) is 1. The minimum absolute atomic E-state index is 0.350. The maximum absolute atomic E-state index is 9.84. The van der Waals surface area contributed by atoms with Crippen molar-refractivity contribution in [1.29, 1.82) is 0 Å². The first kappa shape index (κ1) is 13.4. The molecule has 100 valence electrons. The van der Waals surface area contributed by atoms with Crippen molar-refractivity contribution in [2.75, 3.05) is 13.2 Å². The second kappa shape index (κ2) is 6.76. The van der Waals surface area contributed by atoms with Gasteiger partial charge in [0.15, 0.2) is 0 Å². The van der Waals surface area contributed by atoms with Gasteiger partial charge >= 0.3 is 0 Å². The Morgan fingerprint density at radius 3 is 2.61 bits per heavy atom. The first-order chi connectivity index (χ1) is 8.74. The van der Waals surface area contributed by atoms with Gasteiger partial charge in [0, 0.05) is 12.6 Å². The molecule has 0 aromatic heterocycles. The van der Waals surface area contributed by atoms with E-state index in [0.29, 0.717) is 19.2 Å². The van der Waals surface area contributed by atoms with E-state index in [2.05, 4.69) is 5.32 Å². The summed E-state index contributed by atoms with van der Waals surface area (Å²) in [6.45, 7) is 3.02. The zero-order chi connectivity index (χ0) is 12.8. The lowest BCUT2D eigenvalue weighted by atomic mass is 10.2. The highest BCUT2D eigenvalue weighted by molar-refractivity contribution is 5.26. The molecule has 1 fully saturated rings. The normalized spacial score (nSPS) is 17.9. The summed E-state index contributed by atoms with van der Waals surface area (Å²) in [6, 6.07) is 8.50. The van der Waals surface area contributed by atoms with Gasteiger partial charge in [-0.05, 0) is 31.9 Å². The zero-order valence-corrected chi connectivity index (χ0v) is 11.1. The van der Waals surface area contributed by atoms with E-state index in [1.54, 1.807) is 0 Å². The molecule has 0 heterocycles. The summed E-state index contributed by atoms with van der Waals surface area (Å²) in [4.78, 5) is 0. The molecular formula is C15H23NO2. The molecule has 1 aromatic carbocycles. The molecule has 1 aliphatic carbocycles. The van der Waals surface area contributed by atoms with E-state index in [-0.39, 0.29) is 0 Å². The number of rotatable bonds is 6. The van der Waals surface area contributed by atoms with E-state index in [1.807, 2.05) is 31.2 Å². The van der Waals surface area contributed by atoms with Gasteiger partial charge in [0.1, 0.15) is 18.5 Å². The zero-order valence-electron chi connectivity index (χ0n) is 11.1. The predicted octanol–water partition coefficient (Wildman–Crippen LogP) is 2.27. The van der Waals surface area contributed by atoms with E-state index >= 15 is 0 Å². The minimum atomic E-state index is -0.438. The molecule has 2 N–H and O–H groups in total. The van der Waals surface area contributed by atoms with E-state index in [1.165, 1.54) is 31.2 Å². The lowest BCUT2D eigenvalue weighted by Gasteiger charge is -2.16. The quantitative estimate of drug-likeness (QED) is 0.812. The van der Waals surface area contributed by atoms with Gasteiger partial charge in [-0.1, -0.05) is 30.5 Å². The number of benzene rings is 1. The van der Waals surface area contributed by atoms with Crippen LogP contribution >= 0.6 is 0 Å². The largest absolute Gasteiger partial charge is 0.491 e. The van der Waals surface area contributed by atoms with Crippen molar-refractivity contribution in [1.82, 2.24) is 5.32 Å². The highest BCUT2D eigenvalue weighted by atomic mass is 16.5. The summed E-state index contributed by atoms with van der Waals surface area (Å²) < 4.78 is 5.55. The summed E-state index contributed by atoms with van der Waals surface area (Å²) in [6.07, 6.45) is 4.67. The summed E-state index contributed by atoms with van der Waals surface area (Å²) in [7, 11) is 0. The van der Waals surface area contributed by atoms with Crippen molar-refractivity contribution in [2.45, 2.75) is 44.8 Å². The van der Waals surface area contributed by atoms with Crippen molar-refractivity contribution in [3.05, 3.63) is 29.8 Å². The van der Waals surface area contributed by atoms with Crippen LogP contribution in [-0.4, -0.2) is 30.4 Å². The third-order valence-electron chi connectivity index (χ3n) is 3.46. The maximum atomic E-state index is 9.84. The van der Waals surface area contributed by atoms with Gasteiger partial charge in [-0.25, -0.2) is 0 Å². The van der Waals surface area contributed by atoms with Crippen molar-refractivity contribution >= 4 is 0 Å². The Kier molecular flexibility index (Phi) is 5.02. The SMILES string of the molecule is Cc1ccc(OC[C@@H](O)CNC2CCCC2)cc1. The van der Waals surface area contributed by atoms with Crippen molar-refractivity contribution in [3.8, 4) is 5.75 Å². The number of aliphatic hydroxyl groups excluding tert-OH is 1. The van der Waals surface area contributed by atoms with Crippen LogP contribution in [0.3, 0.4) is 0 Å². The van der Waals surface area contributed by atoms with Crippen LogP contribution in [-0.2, 0) is 0 Å². The molecule has 2 rings (SSSR count). The Bertz CT molecular complexity index is 344. The maximum Gasteiger partial charge on any atom is 0.119 e. The fourth-order valence-electron chi connectivity index (χ4n) is 2.32. The lowest BCUT2D eigenvalue weighted by Crippen LogP contribution is -2.36. The minimum Gasteiger partial charge on any atom is -0.491 e. The number of ether oxygens (including phenoxy) is 1. The van der Waals surface area contributed by atoms with E-state index in [9.17, 15) is 5.11 Å². The van der Waals surface area contributed by atoms with Crippen LogP contribution in [0.1, 0.15) is 31.2 Å². The Labute approximate surface area is 109 Å². The molecule has 0 saturated heterocycles. The van der Waals surface area contributed by atoms with Crippen molar-refractivity contribution < 1.29 is 9.84 Å². The predicted molar refractivity (Wildman–Crippen MR) is 72.9 cm³/mol. The standard InChI is InChI=1S/C15H23NO2/c1-12-6-8-15(9-7-12)18-11-14(17)10-16-13-4-2-3-5-13/h6-9,13-14,16-17H,2-5,10-11H2,1H3/t14-/m0/s1. The molecule has 0 aliphatic heterocycles. The Balaban J connectivity index is 1.64. The molecule has 1 aromatic rings. The van der Waals surface area contributed by atoms with Gasteiger partial charge in [0.25, 0.3) is 0 Å². The second-order valence-corrected chi connectivity index (χ2v) is 5.17. The number of hydrogen-bond acceptors (Lipinski definition) is 3. The Hall–Kier alpha value is -1.06. The summed E-state index contributed by atoms with van der Waals surface area (Å²) in [5.74, 6) is 0.820. The molecule has 1 atom stereocenters. The molecule has 0 amide bonds. The van der Waals surface area contributed by atoms with Crippen molar-refractivity contribution in [3.63, 3.8) is 0 Å². The first-order valence-electron chi connectivity index (χ1n) is 6.85. The monoisotopic (exact) mass is 249 g/mol. The van der Waals surface area contributed by atoms with Crippen LogP contribution < -0.4 is 10.1 Å². The molecule has 1 aliphatic rings. The van der Waals surface area contributed by atoms with Crippen molar-refractivity contribution in [2.24, 2.45) is 0 Å². The molecule has 0 bridgehead atoms. The van der Waals surface area contributed by atoms with Gasteiger partial charge in [-0.15, -0.1) is 0 Å². The number of hydrogen-bond donors (Lipinski definition) is 2. The second-order valence-electron chi connectivity index (χ2n) is 5.17. The highest BCUT2D eigenvalue weighted by Crippen LogP contribution is 2.17. The van der Waals surface area contributed by atoms with E-state index in [4.69, 9.17) is 4.74 Å². The van der Waals surface area contributed by atoms with Crippen LogP contribution in [0, 0.1) is 6.92 Å². The molecular weight excluding hydrogens is 226 g/mol. The van der Waals surface area contributed by atoms with Gasteiger partial charge in [-0.3, -0.25) is 0 Å². The topological polar surface area (TPSA) is 41.5 Å². The molecule has 3 heteroatoms. The molecule has 0 unspecified atom stereocenters. The van der Waals surface area contributed by atoms with Gasteiger partial charge in [0.05, 0.1) is 0 Å². The molecule has 18 heavy (non-hydrogen) atoms. The highest BCUT2D eigenvalue weighted by Gasteiger charge is 2.15. The van der Waals surface area contributed by atoms with Gasteiger partial charge < -0.3 is 15.2 Å². The Morgan fingerprint density at radius 2 is 1.94 bits per heavy atom. The summed E-state index contributed by atoms with van der Waals surface area (Å²) >= 11 is 0. The van der Waals surface area contributed by atoms with Gasteiger partial charge in [0.2, 0.25) is 0 Å². The molecule has 3 nitrogen and oxygen atoms in total. The Morgan fingerprint density at radius 1 is 1.28 bits per heavy atom. The fraction of sp³-hybridized carbons (Fsp3) is 0.600. The summed E-state index contributed by atoms with van der Waals surface area (Å²) in [5.41, 5.74) is 1.21. The third kappa shape index (κ3) is 4.31. The fourth-order valence-corrected chi connectivity index (χ4v) is 2.32. The molecule has 1 saturated carbocycles. The smallest absolute Gasteiger partial charge is 0.119 e. The summed E-state index contributed by atoms with van der Waals surface area (Å²) in [5, 5.41) is 13.2. The van der Waals surface area contributed by atoms with Crippen LogP contribution in [0.25, 0.3) is 0 Å².